The number of hydrogen-bond donors (Lipinski definition) is 0. The van der Waals surface area contributed by atoms with Crippen LogP contribution in [0.15, 0.2) is 36.7 Å². The number of pyridine rings is 1. The van der Waals surface area contributed by atoms with Gasteiger partial charge in [-0.05, 0) is 41.8 Å². The third-order valence-corrected chi connectivity index (χ3v) is 3.62. The molecule has 0 aliphatic rings. The molecule has 0 saturated carbocycles. The largest absolute Gasteiger partial charge is 0.256 e. The zero-order chi connectivity index (χ0) is 14.1. The number of rotatable bonds is 2. The van der Waals surface area contributed by atoms with Crippen molar-refractivity contribution in [1.82, 2.24) is 15.0 Å². The topological polar surface area (TPSA) is 38.7 Å². The monoisotopic (exact) mass is 303 g/mol. The normalized spacial score (nSPS) is 10.9. The van der Waals surface area contributed by atoms with Crippen LogP contribution in [0, 0.1) is 6.92 Å². The fourth-order valence-electron chi connectivity index (χ4n) is 2.25. The van der Waals surface area contributed by atoms with Crippen molar-refractivity contribution in [2.24, 2.45) is 0 Å². The van der Waals surface area contributed by atoms with Gasteiger partial charge in [-0.1, -0.05) is 23.7 Å². The van der Waals surface area contributed by atoms with Crippen molar-refractivity contribution in [2.75, 3.05) is 0 Å². The Labute approximate surface area is 126 Å². The number of aryl methyl sites for hydroxylation is 1. The molecule has 3 rings (SSSR count). The van der Waals surface area contributed by atoms with E-state index in [-0.39, 0.29) is 5.28 Å². The first kappa shape index (κ1) is 13.3. The van der Waals surface area contributed by atoms with Crippen molar-refractivity contribution in [1.29, 1.82) is 0 Å². The lowest BCUT2D eigenvalue weighted by Crippen LogP contribution is -1.96. The van der Waals surface area contributed by atoms with Crippen molar-refractivity contribution in [2.45, 2.75) is 13.3 Å². The van der Waals surface area contributed by atoms with E-state index in [1.165, 1.54) is 0 Å². The minimum Gasteiger partial charge on any atom is -0.256 e. The van der Waals surface area contributed by atoms with E-state index in [1.54, 1.807) is 12.4 Å². The Morgan fingerprint density at radius 1 is 1.10 bits per heavy atom. The molecule has 3 aromatic rings. The van der Waals surface area contributed by atoms with E-state index in [1.807, 2.05) is 6.07 Å². The fraction of sp³-hybridized carbons (Fsp3) is 0.133. The smallest absolute Gasteiger partial charge is 0.223 e. The standard InChI is InChI=1S/C15H11Cl2N3/c1-9-5-10(12-3-2-4-18-13(12)6-9)7-11-8-19-15(17)20-14(11)16/h2-6,8H,7H2,1H3. The second kappa shape index (κ2) is 5.35. The molecule has 0 saturated heterocycles. The second-order valence-electron chi connectivity index (χ2n) is 4.63. The van der Waals surface area contributed by atoms with Gasteiger partial charge in [0.05, 0.1) is 5.52 Å². The first-order valence-corrected chi connectivity index (χ1v) is 6.90. The van der Waals surface area contributed by atoms with Gasteiger partial charge in [-0.3, -0.25) is 4.98 Å². The maximum Gasteiger partial charge on any atom is 0.223 e. The zero-order valence-electron chi connectivity index (χ0n) is 10.8. The summed E-state index contributed by atoms with van der Waals surface area (Å²) in [4.78, 5) is 12.4. The fourth-order valence-corrected chi connectivity index (χ4v) is 2.62. The lowest BCUT2D eigenvalue weighted by Gasteiger charge is -2.08. The lowest BCUT2D eigenvalue weighted by atomic mass is 10.00. The number of benzene rings is 1. The molecule has 1 aromatic carbocycles. The molecule has 0 unspecified atom stereocenters. The predicted molar refractivity (Wildman–Crippen MR) is 81.3 cm³/mol. The highest BCUT2D eigenvalue weighted by molar-refractivity contribution is 6.32. The Bertz CT molecular complexity index is 787. The molecule has 0 N–H and O–H groups in total. The van der Waals surface area contributed by atoms with Crippen molar-refractivity contribution in [3.05, 3.63) is 63.8 Å². The quantitative estimate of drug-likeness (QED) is 0.525. The van der Waals surface area contributed by atoms with Gasteiger partial charge in [0, 0.05) is 29.8 Å². The van der Waals surface area contributed by atoms with Gasteiger partial charge >= 0.3 is 0 Å². The van der Waals surface area contributed by atoms with Gasteiger partial charge in [-0.25, -0.2) is 9.97 Å². The summed E-state index contributed by atoms with van der Waals surface area (Å²) in [7, 11) is 0. The lowest BCUT2D eigenvalue weighted by molar-refractivity contribution is 1.07. The summed E-state index contributed by atoms with van der Waals surface area (Å²) >= 11 is 11.8. The van der Waals surface area contributed by atoms with Crippen molar-refractivity contribution in [3.8, 4) is 0 Å². The third-order valence-electron chi connectivity index (χ3n) is 3.11. The van der Waals surface area contributed by atoms with Crippen molar-refractivity contribution in [3.63, 3.8) is 0 Å². The molecule has 0 fully saturated rings. The molecule has 100 valence electrons. The highest BCUT2D eigenvalue weighted by Crippen LogP contribution is 2.24. The average Bonchev–Trinajstić information content (AvgIpc) is 2.41. The van der Waals surface area contributed by atoms with Crippen LogP contribution in [0.25, 0.3) is 10.9 Å². The van der Waals surface area contributed by atoms with E-state index >= 15 is 0 Å². The van der Waals surface area contributed by atoms with Crippen molar-refractivity contribution >= 4 is 34.1 Å². The summed E-state index contributed by atoms with van der Waals surface area (Å²) in [5, 5.41) is 1.67. The van der Waals surface area contributed by atoms with Crippen LogP contribution >= 0.6 is 23.2 Å². The summed E-state index contributed by atoms with van der Waals surface area (Å²) in [6, 6.07) is 8.19. The Kier molecular flexibility index (Phi) is 3.55. The maximum atomic E-state index is 6.12. The van der Waals surface area contributed by atoms with Crippen molar-refractivity contribution < 1.29 is 0 Å². The number of halogens is 2. The minimum atomic E-state index is 0.162. The molecule has 0 radical (unpaired) electrons. The number of fused-ring (bicyclic) bond motifs is 1. The predicted octanol–water partition coefficient (Wildman–Crippen LogP) is 4.23. The molecule has 0 spiro atoms. The average molecular weight is 304 g/mol. The molecular weight excluding hydrogens is 293 g/mol. The van der Waals surface area contributed by atoms with Gasteiger partial charge in [0.2, 0.25) is 5.28 Å². The van der Waals surface area contributed by atoms with Gasteiger partial charge in [0.25, 0.3) is 0 Å². The molecule has 5 heteroatoms. The van der Waals surface area contributed by atoms with Crippen LogP contribution in [-0.2, 0) is 6.42 Å². The van der Waals surface area contributed by atoms with Gasteiger partial charge in [0.15, 0.2) is 0 Å². The zero-order valence-corrected chi connectivity index (χ0v) is 12.3. The minimum absolute atomic E-state index is 0.162. The molecule has 3 nitrogen and oxygen atoms in total. The van der Waals surface area contributed by atoms with Crippen LogP contribution < -0.4 is 0 Å². The van der Waals surface area contributed by atoms with Crippen LogP contribution in [-0.4, -0.2) is 15.0 Å². The second-order valence-corrected chi connectivity index (χ2v) is 5.32. The molecule has 0 amide bonds. The SMILES string of the molecule is Cc1cc(Cc2cnc(Cl)nc2Cl)c2cccnc2c1. The van der Waals surface area contributed by atoms with E-state index < -0.39 is 0 Å². The van der Waals surface area contributed by atoms with Crippen LogP contribution in [0.2, 0.25) is 10.4 Å². The van der Waals surface area contributed by atoms with Gasteiger partial charge in [-0.15, -0.1) is 0 Å². The maximum absolute atomic E-state index is 6.12. The summed E-state index contributed by atoms with van der Waals surface area (Å²) in [5.74, 6) is 0. The van der Waals surface area contributed by atoms with Crippen LogP contribution in [0.4, 0.5) is 0 Å². The summed E-state index contributed by atoms with van der Waals surface area (Å²) in [6.07, 6.45) is 4.12. The van der Waals surface area contributed by atoms with Crippen LogP contribution in [0.5, 0.6) is 0 Å². The molecule has 2 heterocycles. The van der Waals surface area contributed by atoms with E-state index in [9.17, 15) is 0 Å². The van der Waals surface area contributed by atoms with Gasteiger partial charge in [0.1, 0.15) is 5.15 Å². The summed E-state index contributed by atoms with van der Waals surface area (Å²) < 4.78 is 0. The first-order valence-electron chi connectivity index (χ1n) is 6.14. The number of hydrogen-bond acceptors (Lipinski definition) is 3. The van der Waals surface area contributed by atoms with Gasteiger partial charge < -0.3 is 0 Å². The van der Waals surface area contributed by atoms with Gasteiger partial charge in [-0.2, -0.15) is 0 Å². The van der Waals surface area contributed by atoms with Crippen LogP contribution in [0.3, 0.4) is 0 Å². The molecule has 0 atom stereocenters. The highest BCUT2D eigenvalue weighted by atomic mass is 35.5. The third kappa shape index (κ3) is 2.60. The summed E-state index contributed by atoms with van der Waals surface area (Å²) in [6.45, 7) is 2.05. The molecule has 0 aliphatic heterocycles. The van der Waals surface area contributed by atoms with E-state index in [2.05, 4.69) is 40.1 Å². The van der Waals surface area contributed by atoms with E-state index in [0.29, 0.717) is 11.6 Å². The number of aromatic nitrogens is 3. The molecular formula is C15H11Cl2N3. The Morgan fingerprint density at radius 2 is 1.95 bits per heavy atom. The summed E-state index contributed by atoms with van der Waals surface area (Å²) in [5.41, 5.74) is 4.15. The molecule has 0 bridgehead atoms. The highest BCUT2D eigenvalue weighted by Gasteiger charge is 2.09. The number of nitrogens with zero attached hydrogens (tertiary/aromatic N) is 3. The molecule has 2 aromatic heterocycles. The van der Waals surface area contributed by atoms with Crippen LogP contribution in [0.1, 0.15) is 16.7 Å². The molecule has 0 aliphatic carbocycles. The Balaban J connectivity index is 2.10. The first-order chi connectivity index (χ1) is 9.63. The van der Waals surface area contributed by atoms with E-state index in [0.717, 1.165) is 27.6 Å². The molecule has 20 heavy (non-hydrogen) atoms. The Hall–Kier alpha value is -1.71. The Morgan fingerprint density at radius 3 is 2.75 bits per heavy atom. The van der Waals surface area contributed by atoms with E-state index in [4.69, 9.17) is 23.2 Å².